The Kier molecular flexibility index (Phi) is 7.19. The zero-order chi connectivity index (χ0) is 20.5. The Balaban J connectivity index is 1.65. The number of nitrogens with two attached hydrogens (primary N) is 1. The van der Waals surface area contributed by atoms with Crippen LogP contribution in [-0.2, 0) is 17.8 Å². The van der Waals surface area contributed by atoms with Crippen LogP contribution in [0.15, 0.2) is 72.9 Å². The lowest BCUT2D eigenvalue weighted by Crippen LogP contribution is -2.30. The Morgan fingerprint density at radius 2 is 1.69 bits per heavy atom. The van der Waals surface area contributed by atoms with Crippen LogP contribution in [-0.4, -0.2) is 30.7 Å². The number of aromatic nitrogens is 1. The predicted molar refractivity (Wildman–Crippen MR) is 110 cm³/mol. The molecule has 0 aliphatic heterocycles. The van der Waals surface area contributed by atoms with Gasteiger partial charge in [0.1, 0.15) is 18.8 Å². The van der Waals surface area contributed by atoms with Crippen LogP contribution in [0.5, 0.6) is 11.6 Å². The molecule has 0 saturated carbocycles. The molecule has 0 aliphatic rings. The molecule has 0 saturated heterocycles. The first-order valence-electron chi connectivity index (χ1n) is 9.33. The van der Waals surface area contributed by atoms with Crippen molar-refractivity contribution in [3.8, 4) is 11.6 Å². The van der Waals surface area contributed by atoms with Gasteiger partial charge in [-0.2, -0.15) is 0 Å². The Bertz CT molecular complexity index is 917. The van der Waals surface area contributed by atoms with E-state index in [1.165, 1.54) is 19.4 Å². The summed E-state index contributed by atoms with van der Waals surface area (Å²) in [5.41, 5.74) is 8.46. The van der Waals surface area contributed by atoms with Gasteiger partial charge in [-0.15, -0.1) is 0 Å². The number of nitrogens with zero attached hydrogens (tertiary/aromatic N) is 1. The van der Waals surface area contributed by atoms with E-state index in [1.54, 1.807) is 0 Å². The van der Waals surface area contributed by atoms with E-state index >= 15 is 0 Å². The number of pyridine rings is 1. The molecule has 0 fully saturated rings. The summed E-state index contributed by atoms with van der Waals surface area (Å²) in [5, 5.41) is 0. The maximum atomic E-state index is 12.6. The Hall–Kier alpha value is -3.38. The van der Waals surface area contributed by atoms with Gasteiger partial charge < -0.3 is 19.9 Å². The van der Waals surface area contributed by atoms with Crippen molar-refractivity contribution in [2.45, 2.75) is 19.1 Å². The Morgan fingerprint density at radius 3 is 2.34 bits per heavy atom. The molecule has 1 atom stereocenters. The van der Waals surface area contributed by atoms with Crippen molar-refractivity contribution in [3.63, 3.8) is 0 Å². The molecule has 6 heteroatoms. The van der Waals surface area contributed by atoms with E-state index in [0.29, 0.717) is 18.1 Å². The lowest BCUT2D eigenvalue weighted by Gasteiger charge is -2.16. The third-order valence-electron chi connectivity index (χ3n) is 4.28. The fraction of sp³-hybridized carbons (Fsp3) is 0.217. The van der Waals surface area contributed by atoms with Crippen molar-refractivity contribution in [3.05, 3.63) is 89.6 Å². The molecule has 0 unspecified atom stereocenters. The molecule has 3 rings (SSSR count). The number of hydrogen-bond donors (Lipinski definition) is 1. The number of rotatable bonds is 9. The van der Waals surface area contributed by atoms with Crippen molar-refractivity contribution in [2.24, 2.45) is 5.73 Å². The minimum Gasteiger partial charge on any atom is -0.489 e. The minimum atomic E-state index is -0.513. The van der Waals surface area contributed by atoms with Crippen LogP contribution >= 0.6 is 0 Å². The van der Waals surface area contributed by atoms with E-state index in [4.69, 9.17) is 19.9 Å². The van der Waals surface area contributed by atoms with Crippen LogP contribution in [0.3, 0.4) is 0 Å². The van der Waals surface area contributed by atoms with Gasteiger partial charge in [0.15, 0.2) is 5.75 Å². The second kappa shape index (κ2) is 10.2. The van der Waals surface area contributed by atoms with Gasteiger partial charge in [-0.05, 0) is 17.5 Å². The fourth-order valence-corrected chi connectivity index (χ4v) is 2.78. The maximum Gasteiger partial charge on any atom is 0.342 e. The molecule has 0 aliphatic carbocycles. The van der Waals surface area contributed by atoms with Gasteiger partial charge in [0.2, 0.25) is 5.88 Å². The van der Waals surface area contributed by atoms with Crippen LogP contribution in [0.4, 0.5) is 0 Å². The molecule has 150 valence electrons. The molecule has 1 heterocycles. The van der Waals surface area contributed by atoms with Gasteiger partial charge in [0.25, 0.3) is 0 Å². The normalized spacial score (nSPS) is 11.5. The second-order valence-corrected chi connectivity index (χ2v) is 6.55. The van der Waals surface area contributed by atoms with E-state index in [9.17, 15) is 4.79 Å². The Morgan fingerprint density at radius 1 is 1.03 bits per heavy atom. The predicted octanol–water partition coefficient (Wildman–Crippen LogP) is 3.40. The lowest BCUT2D eigenvalue weighted by atomic mass is 10.1. The zero-order valence-corrected chi connectivity index (χ0v) is 16.3. The third kappa shape index (κ3) is 6.05. The van der Waals surface area contributed by atoms with Crippen molar-refractivity contribution in [1.29, 1.82) is 0 Å². The summed E-state index contributed by atoms with van der Waals surface area (Å²) in [4.78, 5) is 16.8. The third-order valence-corrected chi connectivity index (χ3v) is 4.28. The SMILES string of the molecule is COc1cc(C(=O)OCc2ccccc2)c(OC[C@H](N)Cc2ccccc2)cn1. The molecule has 0 amide bonds. The first-order chi connectivity index (χ1) is 14.2. The molecule has 2 aromatic carbocycles. The summed E-state index contributed by atoms with van der Waals surface area (Å²) < 4.78 is 16.4. The van der Waals surface area contributed by atoms with E-state index in [1.807, 2.05) is 60.7 Å². The molecular weight excluding hydrogens is 368 g/mol. The van der Waals surface area contributed by atoms with Crippen LogP contribution < -0.4 is 15.2 Å². The molecule has 0 bridgehead atoms. The zero-order valence-electron chi connectivity index (χ0n) is 16.3. The van der Waals surface area contributed by atoms with Crippen LogP contribution in [0.25, 0.3) is 0 Å². The number of methoxy groups -OCH3 is 1. The second-order valence-electron chi connectivity index (χ2n) is 6.55. The standard InChI is InChI=1S/C23H24N2O4/c1-27-22-13-20(23(26)29-15-18-10-6-3-7-11-18)21(14-25-22)28-16-19(24)12-17-8-4-2-5-9-17/h2-11,13-14,19H,12,15-16,24H2,1H3/t19-/m1/s1. The maximum absolute atomic E-state index is 12.6. The summed E-state index contributed by atoms with van der Waals surface area (Å²) in [6.45, 7) is 0.402. The highest BCUT2D eigenvalue weighted by Crippen LogP contribution is 2.23. The topological polar surface area (TPSA) is 83.7 Å². The van der Waals surface area contributed by atoms with E-state index in [0.717, 1.165) is 11.1 Å². The molecular formula is C23H24N2O4. The van der Waals surface area contributed by atoms with Crippen molar-refractivity contribution in [1.82, 2.24) is 4.98 Å². The highest BCUT2D eigenvalue weighted by atomic mass is 16.5. The average Bonchev–Trinajstić information content (AvgIpc) is 2.77. The molecule has 2 N–H and O–H groups in total. The van der Waals surface area contributed by atoms with Gasteiger partial charge in [0, 0.05) is 12.1 Å². The van der Waals surface area contributed by atoms with E-state index < -0.39 is 5.97 Å². The smallest absolute Gasteiger partial charge is 0.342 e. The van der Waals surface area contributed by atoms with Gasteiger partial charge >= 0.3 is 5.97 Å². The number of carbonyl (C=O) groups is 1. The molecule has 0 spiro atoms. The van der Waals surface area contributed by atoms with Crippen LogP contribution in [0.2, 0.25) is 0 Å². The van der Waals surface area contributed by atoms with Crippen LogP contribution in [0, 0.1) is 0 Å². The number of esters is 1. The number of ether oxygens (including phenoxy) is 3. The Labute approximate surface area is 170 Å². The summed E-state index contributed by atoms with van der Waals surface area (Å²) in [7, 11) is 1.48. The van der Waals surface area contributed by atoms with Crippen molar-refractivity contribution >= 4 is 5.97 Å². The van der Waals surface area contributed by atoms with E-state index in [2.05, 4.69) is 4.98 Å². The summed E-state index contributed by atoms with van der Waals surface area (Å²) in [6.07, 6.45) is 2.12. The van der Waals surface area contributed by atoms with Gasteiger partial charge in [0.05, 0.1) is 13.3 Å². The molecule has 29 heavy (non-hydrogen) atoms. The van der Waals surface area contributed by atoms with Crippen LogP contribution in [0.1, 0.15) is 21.5 Å². The highest BCUT2D eigenvalue weighted by Gasteiger charge is 2.18. The largest absolute Gasteiger partial charge is 0.489 e. The van der Waals surface area contributed by atoms with Gasteiger partial charge in [-0.3, -0.25) is 0 Å². The van der Waals surface area contributed by atoms with Gasteiger partial charge in [-0.1, -0.05) is 60.7 Å². The first kappa shape index (κ1) is 20.4. The monoisotopic (exact) mass is 392 g/mol. The molecule has 3 aromatic rings. The average molecular weight is 392 g/mol. The summed E-state index contributed by atoms with van der Waals surface area (Å²) in [6, 6.07) is 20.7. The number of benzene rings is 2. The molecule has 0 radical (unpaired) electrons. The lowest BCUT2D eigenvalue weighted by molar-refractivity contribution is 0.0467. The number of carbonyl (C=O) groups excluding carboxylic acids is 1. The minimum absolute atomic E-state index is 0.164. The van der Waals surface area contributed by atoms with Crippen molar-refractivity contribution in [2.75, 3.05) is 13.7 Å². The van der Waals surface area contributed by atoms with Crippen molar-refractivity contribution < 1.29 is 19.0 Å². The number of hydrogen-bond acceptors (Lipinski definition) is 6. The van der Waals surface area contributed by atoms with E-state index in [-0.39, 0.29) is 24.8 Å². The van der Waals surface area contributed by atoms with Gasteiger partial charge in [-0.25, -0.2) is 9.78 Å². The summed E-state index contributed by atoms with van der Waals surface area (Å²) >= 11 is 0. The fourth-order valence-electron chi connectivity index (χ4n) is 2.78. The summed E-state index contributed by atoms with van der Waals surface area (Å²) in [5.74, 6) is 0.103. The molecule has 6 nitrogen and oxygen atoms in total. The molecule has 1 aromatic heterocycles. The highest BCUT2D eigenvalue weighted by molar-refractivity contribution is 5.92. The first-order valence-corrected chi connectivity index (χ1v) is 9.33. The quantitative estimate of drug-likeness (QED) is 0.562.